The number of pyridine rings is 1. The molecular weight excluding hydrogens is 287 g/mol. The highest BCUT2D eigenvalue weighted by molar-refractivity contribution is 5.68. The number of nitrogens with zero attached hydrogens (tertiary/aromatic N) is 3. The molecule has 1 aliphatic heterocycles. The Morgan fingerprint density at radius 1 is 1.33 bits per heavy atom. The number of anilines is 1. The van der Waals surface area contributed by atoms with Crippen molar-refractivity contribution in [3.05, 3.63) is 23.9 Å². The van der Waals surface area contributed by atoms with Crippen molar-refractivity contribution in [2.24, 2.45) is 0 Å². The van der Waals surface area contributed by atoms with Crippen molar-refractivity contribution >= 4 is 11.9 Å². The summed E-state index contributed by atoms with van der Waals surface area (Å²) < 4.78 is 43.7. The minimum Gasteiger partial charge on any atom is -0.450 e. The monoisotopic (exact) mass is 303 g/mol. The van der Waals surface area contributed by atoms with Gasteiger partial charge in [0, 0.05) is 32.4 Å². The fraction of sp³-hybridized carbons (Fsp3) is 0.538. The van der Waals surface area contributed by atoms with Gasteiger partial charge in [-0.05, 0) is 19.1 Å². The van der Waals surface area contributed by atoms with Crippen molar-refractivity contribution in [2.75, 3.05) is 37.7 Å². The topological polar surface area (TPSA) is 45.7 Å². The summed E-state index contributed by atoms with van der Waals surface area (Å²) in [5.41, 5.74) is -0.755. The second-order valence-electron chi connectivity index (χ2n) is 4.55. The van der Waals surface area contributed by atoms with Gasteiger partial charge in [-0.25, -0.2) is 9.78 Å². The molecule has 8 heteroatoms. The molecule has 1 fully saturated rings. The lowest BCUT2D eigenvalue weighted by Gasteiger charge is -2.35. The Morgan fingerprint density at radius 3 is 2.57 bits per heavy atom. The predicted octanol–water partition coefficient (Wildman–Crippen LogP) is 2.38. The molecule has 2 heterocycles. The first-order valence-electron chi connectivity index (χ1n) is 6.62. The molecule has 0 N–H and O–H groups in total. The third-order valence-corrected chi connectivity index (χ3v) is 3.20. The number of aromatic nitrogens is 1. The molecule has 0 atom stereocenters. The molecule has 0 aromatic carbocycles. The van der Waals surface area contributed by atoms with Crippen molar-refractivity contribution in [3.8, 4) is 0 Å². The number of rotatable bonds is 2. The number of amides is 1. The largest absolute Gasteiger partial charge is 0.450 e. The first kappa shape index (κ1) is 15.4. The van der Waals surface area contributed by atoms with Gasteiger partial charge in [0.25, 0.3) is 0 Å². The Hall–Kier alpha value is -1.99. The first-order chi connectivity index (χ1) is 9.93. The van der Waals surface area contributed by atoms with Crippen LogP contribution < -0.4 is 4.90 Å². The van der Waals surface area contributed by atoms with Gasteiger partial charge < -0.3 is 14.5 Å². The number of piperazine rings is 1. The van der Waals surface area contributed by atoms with Gasteiger partial charge in [-0.15, -0.1) is 0 Å². The van der Waals surface area contributed by atoms with Crippen LogP contribution in [0.3, 0.4) is 0 Å². The summed E-state index contributed by atoms with van der Waals surface area (Å²) >= 11 is 0. The minimum atomic E-state index is -4.44. The maximum atomic E-state index is 13.0. The molecule has 21 heavy (non-hydrogen) atoms. The highest BCUT2D eigenvalue weighted by Gasteiger charge is 2.36. The van der Waals surface area contributed by atoms with E-state index < -0.39 is 17.8 Å². The van der Waals surface area contributed by atoms with Crippen LogP contribution in [-0.2, 0) is 10.9 Å². The fourth-order valence-corrected chi connectivity index (χ4v) is 2.19. The molecule has 1 saturated heterocycles. The summed E-state index contributed by atoms with van der Waals surface area (Å²) in [5, 5.41) is 0. The van der Waals surface area contributed by atoms with Gasteiger partial charge in [-0.3, -0.25) is 0 Å². The molecule has 1 amide bonds. The van der Waals surface area contributed by atoms with Crippen molar-refractivity contribution in [1.82, 2.24) is 9.88 Å². The molecule has 116 valence electrons. The lowest BCUT2D eigenvalue weighted by molar-refractivity contribution is -0.137. The third kappa shape index (κ3) is 3.56. The Balaban J connectivity index is 2.08. The molecule has 0 radical (unpaired) electrons. The van der Waals surface area contributed by atoms with Gasteiger partial charge in [-0.1, -0.05) is 0 Å². The third-order valence-electron chi connectivity index (χ3n) is 3.20. The van der Waals surface area contributed by atoms with E-state index in [9.17, 15) is 18.0 Å². The minimum absolute atomic E-state index is 0.0893. The SMILES string of the molecule is CCOC(=O)N1CCN(c2ncccc2C(F)(F)F)CC1. The average molecular weight is 303 g/mol. The molecule has 0 aliphatic carbocycles. The smallest absolute Gasteiger partial charge is 0.419 e. The number of carbonyl (C=O) groups is 1. The highest BCUT2D eigenvalue weighted by atomic mass is 19.4. The van der Waals surface area contributed by atoms with Gasteiger partial charge in [0.2, 0.25) is 0 Å². The van der Waals surface area contributed by atoms with Gasteiger partial charge >= 0.3 is 12.3 Å². The Labute approximate surface area is 120 Å². The van der Waals surface area contributed by atoms with Gasteiger partial charge in [0.15, 0.2) is 0 Å². The van der Waals surface area contributed by atoms with E-state index >= 15 is 0 Å². The number of hydrogen-bond acceptors (Lipinski definition) is 4. The second-order valence-corrected chi connectivity index (χ2v) is 4.55. The van der Waals surface area contributed by atoms with E-state index in [2.05, 4.69) is 4.98 Å². The fourth-order valence-electron chi connectivity index (χ4n) is 2.19. The van der Waals surface area contributed by atoms with Crippen LogP contribution >= 0.6 is 0 Å². The van der Waals surface area contributed by atoms with Gasteiger partial charge in [-0.2, -0.15) is 13.2 Å². The maximum Gasteiger partial charge on any atom is 0.419 e. The molecule has 0 unspecified atom stereocenters. The molecule has 1 aromatic heterocycles. The number of hydrogen-bond donors (Lipinski definition) is 0. The van der Waals surface area contributed by atoms with Crippen LogP contribution in [0.2, 0.25) is 0 Å². The van der Waals surface area contributed by atoms with E-state index in [1.807, 2.05) is 0 Å². The van der Waals surface area contributed by atoms with Crippen LogP contribution in [0.1, 0.15) is 12.5 Å². The van der Waals surface area contributed by atoms with Crippen LogP contribution in [0.15, 0.2) is 18.3 Å². The van der Waals surface area contributed by atoms with Crippen LogP contribution in [0.4, 0.5) is 23.8 Å². The van der Waals surface area contributed by atoms with E-state index in [1.54, 1.807) is 11.8 Å². The summed E-state index contributed by atoms with van der Waals surface area (Å²) in [5.74, 6) is -0.0893. The lowest BCUT2D eigenvalue weighted by atomic mass is 10.2. The van der Waals surface area contributed by atoms with Crippen LogP contribution in [-0.4, -0.2) is 48.8 Å². The number of ether oxygens (including phenoxy) is 1. The molecule has 0 spiro atoms. The molecule has 1 aromatic rings. The summed E-state index contributed by atoms with van der Waals surface area (Å²) in [6.45, 7) is 3.19. The number of carbonyl (C=O) groups excluding carboxylic acids is 1. The van der Waals surface area contributed by atoms with Crippen molar-refractivity contribution in [1.29, 1.82) is 0 Å². The van der Waals surface area contributed by atoms with Crippen molar-refractivity contribution in [2.45, 2.75) is 13.1 Å². The molecule has 5 nitrogen and oxygen atoms in total. The van der Waals surface area contributed by atoms with Gasteiger partial charge in [0.1, 0.15) is 5.82 Å². The zero-order valence-corrected chi connectivity index (χ0v) is 11.6. The maximum absolute atomic E-state index is 13.0. The van der Waals surface area contributed by atoms with Crippen LogP contribution in [0.25, 0.3) is 0 Å². The van der Waals surface area contributed by atoms with E-state index in [0.29, 0.717) is 26.2 Å². The Kier molecular flexibility index (Phi) is 4.54. The molecule has 1 aliphatic rings. The van der Waals surface area contributed by atoms with Gasteiger partial charge in [0.05, 0.1) is 12.2 Å². The molecule has 2 rings (SSSR count). The lowest BCUT2D eigenvalue weighted by Crippen LogP contribution is -2.49. The standard InChI is InChI=1S/C13H16F3N3O2/c1-2-21-12(20)19-8-6-18(7-9-19)11-10(13(14,15)16)4-3-5-17-11/h3-5H,2,6-9H2,1H3. The summed E-state index contributed by atoms with van der Waals surface area (Å²) in [7, 11) is 0. The summed E-state index contributed by atoms with van der Waals surface area (Å²) in [6, 6.07) is 2.28. The van der Waals surface area contributed by atoms with Crippen LogP contribution in [0, 0.1) is 0 Å². The zero-order chi connectivity index (χ0) is 15.5. The Bertz CT molecular complexity index is 500. The highest BCUT2D eigenvalue weighted by Crippen LogP contribution is 2.35. The van der Waals surface area contributed by atoms with E-state index in [-0.39, 0.29) is 12.4 Å². The van der Waals surface area contributed by atoms with E-state index in [4.69, 9.17) is 4.74 Å². The molecular formula is C13H16F3N3O2. The predicted molar refractivity (Wildman–Crippen MR) is 70.0 cm³/mol. The molecule has 0 bridgehead atoms. The van der Waals surface area contributed by atoms with Crippen LogP contribution in [0.5, 0.6) is 0 Å². The Morgan fingerprint density at radius 2 is 2.00 bits per heavy atom. The molecule has 0 saturated carbocycles. The quantitative estimate of drug-likeness (QED) is 0.841. The van der Waals surface area contributed by atoms with Crippen molar-refractivity contribution in [3.63, 3.8) is 0 Å². The first-order valence-corrected chi connectivity index (χ1v) is 6.62. The average Bonchev–Trinajstić information content (AvgIpc) is 2.47. The summed E-state index contributed by atoms with van der Waals surface area (Å²) in [6.07, 6.45) is -3.54. The number of halogens is 3. The van der Waals surface area contributed by atoms with E-state index in [1.165, 1.54) is 17.2 Å². The van der Waals surface area contributed by atoms with Crippen molar-refractivity contribution < 1.29 is 22.7 Å². The number of alkyl halides is 3. The second kappa shape index (κ2) is 6.19. The normalized spacial score (nSPS) is 16.0. The summed E-state index contributed by atoms with van der Waals surface area (Å²) in [4.78, 5) is 18.4. The van der Waals surface area contributed by atoms with E-state index in [0.717, 1.165) is 6.07 Å². The zero-order valence-electron chi connectivity index (χ0n) is 11.6.